The third-order valence-electron chi connectivity index (χ3n) is 3.72. The fourth-order valence-corrected chi connectivity index (χ4v) is 3.13. The SMILES string of the molecule is POC(c1ccccc1)(c1ccccc1)c1ccccc1. The van der Waals surface area contributed by atoms with Gasteiger partial charge in [-0.15, -0.1) is 0 Å². The molecule has 21 heavy (non-hydrogen) atoms. The summed E-state index contributed by atoms with van der Waals surface area (Å²) in [7, 11) is 2.44. The fourth-order valence-electron chi connectivity index (χ4n) is 2.72. The Balaban J connectivity index is 2.29. The highest BCUT2D eigenvalue weighted by Crippen LogP contribution is 2.41. The Bertz CT molecular complexity index is 584. The predicted octanol–water partition coefficient (Wildman–Crippen LogP) is 4.79. The first kappa shape index (κ1) is 14.0. The minimum absolute atomic E-state index is 0.617. The van der Waals surface area contributed by atoms with Gasteiger partial charge in [0.2, 0.25) is 0 Å². The van der Waals surface area contributed by atoms with E-state index in [2.05, 4.69) is 45.9 Å². The summed E-state index contributed by atoms with van der Waals surface area (Å²) in [4.78, 5) is 0. The second-order valence-corrected chi connectivity index (χ2v) is 5.13. The van der Waals surface area contributed by atoms with Gasteiger partial charge in [0.1, 0.15) is 5.60 Å². The molecule has 0 bridgehead atoms. The van der Waals surface area contributed by atoms with Gasteiger partial charge < -0.3 is 4.52 Å². The molecule has 0 saturated carbocycles. The van der Waals surface area contributed by atoms with Gasteiger partial charge in [0, 0.05) is 9.47 Å². The summed E-state index contributed by atoms with van der Waals surface area (Å²) < 4.78 is 6.01. The summed E-state index contributed by atoms with van der Waals surface area (Å²) in [6.07, 6.45) is 0. The maximum absolute atomic E-state index is 6.01. The zero-order valence-electron chi connectivity index (χ0n) is 11.6. The van der Waals surface area contributed by atoms with Crippen molar-refractivity contribution < 1.29 is 4.52 Å². The van der Waals surface area contributed by atoms with Gasteiger partial charge in [0.25, 0.3) is 0 Å². The molecule has 0 heterocycles. The molecule has 0 aliphatic rings. The van der Waals surface area contributed by atoms with Gasteiger partial charge in [0.05, 0.1) is 0 Å². The van der Waals surface area contributed by atoms with Crippen LogP contribution in [0.1, 0.15) is 16.7 Å². The van der Waals surface area contributed by atoms with E-state index in [1.165, 1.54) is 0 Å². The number of benzene rings is 3. The Hall–Kier alpha value is -1.95. The van der Waals surface area contributed by atoms with E-state index >= 15 is 0 Å². The second kappa shape index (κ2) is 6.22. The molecule has 0 saturated heterocycles. The van der Waals surface area contributed by atoms with Crippen LogP contribution in [0.2, 0.25) is 0 Å². The zero-order valence-corrected chi connectivity index (χ0v) is 12.8. The first-order valence-electron chi connectivity index (χ1n) is 6.92. The lowest BCUT2D eigenvalue weighted by atomic mass is 9.80. The van der Waals surface area contributed by atoms with Crippen molar-refractivity contribution in [3.8, 4) is 0 Å². The molecule has 3 aromatic carbocycles. The van der Waals surface area contributed by atoms with Crippen molar-refractivity contribution in [2.45, 2.75) is 5.60 Å². The molecule has 1 nitrogen and oxygen atoms in total. The van der Waals surface area contributed by atoms with Gasteiger partial charge in [-0.2, -0.15) is 0 Å². The molecule has 104 valence electrons. The van der Waals surface area contributed by atoms with Gasteiger partial charge >= 0.3 is 0 Å². The van der Waals surface area contributed by atoms with Gasteiger partial charge in [-0.1, -0.05) is 91.0 Å². The molecule has 1 unspecified atom stereocenters. The van der Waals surface area contributed by atoms with Crippen LogP contribution >= 0.6 is 9.47 Å². The first-order valence-corrected chi connectivity index (χ1v) is 7.39. The average Bonchev–Trinajstić information content (AvgIpc) is 2.59. The molecule has 0 amide bonds. The molecule has 0 N–H and O–H groups in total. The zero-order chi connectivity index (χ0) is 14.5. The smallest absolute Gasteiger partial charge is 0.147 e. The molecule has 0 spiro atoms. The Morgan fingerprint density at radius 3 is 1.05 bits per heavy atom. The molecule has 2 heteroatoms. The maximum Gasteiger partial charge on any atom is 0.147 e. The van der Waals surface area contributed by atoms with Crippen LogP contribution in [-0.2, 0) is 10.1 Å². The molecular weight excluding hydrogens is 275 g/mol. The number of rotatable bonds is 4. The minimum atomic E-state index is -0.617. The normalized spacial score (nSPS) is 11.3. The van der Waals surface area contributed by atoms with Crippen LogP contribution in [0.5, 0.6) is 0 Å². The third-order valence-corrected chi connectivity index (χ3v) is 4.07. The molecule has 1 atom stereocenters. The molecule has 0 fully saturated rings. The Morgan fingerprint density at radius 1 is 0.524 bits per heavy atom. The standard InChI is InChI=1S/C19H17OP/c21-20-19(16-10-4-1-5-11-16,17-12-6-2-7-13-17)18-14-8-3-9-15-18/h1-15H,21H2. The average molecular weight is 292 g/mol. The van der Waals surface area contributed by atoms with E-state index in [9.17, 15) is 0 Å². The summed E-state index contributed by atoms with van der Waals surface area (Å²) in [6, 6.07) is 30.9. The summed E-state index contributed by atoms with van der Waals surface area (Å²) in [5.41, 5.74) is 2.71. The summed E-state index contributed by atoms with van der Waals surface area (Å²) >= 11 is 0. The third kappa shape index (κ3) is 2.51. The highest BCUT2D eigenvalue weighted by molar-refractivity contribution is 7.09. The van der Waals surface area contributed by atoms with Crippen molar-refractivity contribution in [2.24, 2.45) is 0 Å². The summed E-state index contributed by atoms with van der Waals surface area (Å²) in [5.74, 6) is 0. The van der Waals surface area contributed by atoms with Gasteiger partial charge in [-0.25, -0.2) is 0 Å². The fraction of sp³-hybridized carbons (Fsp3) is 0.0526. The summed E-state index contributed by atoms with van der Waals surface area (Å²) in [6.45, 7) is 0. The molecule has 0 aliphatic heterocycles. The van der Waals surface area contributed by atoms with Crippen molar-refractivity contribution in [1.29, 1.82) is 0 Å². The van der Waals surface area contributed by atoms with Crippen molar-refractivity contribution in [1.82, 2.24) is 0 Å². The highest BCUT2D eigenvalue weighted by atomic mass is 31.0. The van der Waals surface area contributed by atoms with Crippen molar-refractivity contribution in [3.05, 3.63) is 108 Å². The molecule has 0 aromatic heterocycles. The van der Waals surface area contributed by atoms with Crippen LogP contribution in [0.3, 0.4) is 0 Å². The van der Waals surface area contributed by atoms with E-state index < -0.39 is 5.60 Å². The van der Waals surface area contributed by atoms with E-state index in [1.807, 2.05) is 54.6 Å². The Kier molecular flexibility index (Phi) is 4.15. The van der Waals surface area contributed by atoms with Crippen LogP contribution in [0, 0.1) is 0 Å². The van der Waals surface area contributed by atoms with Gasteiger partial charge in [-0.05, 0) is 16.7 Å². The van der Waals surface area contributed by atoms with Gasteiger partial charge in [0.15, 0.2) is 0 Å². The molecule has 3 rings (SSSR count). The first-order chi connectivity index (χ1) is 10.4. The van der Waals surface area contributed by atoms with Crippen molar-refractivity contribution >= 4 is 9.47 Å². The lowest BCUT2D eigenvalue weighted by Gasteiger charge is -2.34. The molecule has 0 radical (unpaired) electrons. The van der Waals surface area contributed by atoms with Crippen molar-refractivity contribution in [3.63, 3.8) is 0 Å². The van der Waals surface area contributed by atoms with E-state index in [-0.39, 0.29) is 0 Å². The lowest BCUT2D eigenvalue weighted by Crippen LogP contribution is -2.29. The number of hydrogen-bond donors (Lipinski definition) is 0. The van der Waals surface area contributed by atoms with Crippen LogP contribution in [0.4, 0.5) is 0 Å². The largest absolute Gasteiger partial charge is 0.345 e. The van der Waals surface area contributed by atoms with Gasteiger partial charge in [-0.3, -0.25) is 0 Å². The summed E-state index contributed by atoms with van der Waals surface area (Å²) in [5, 5.41) is 0. The maximum atomic E-state index is 6.01. The Labute approximate surface area is 127 Å². The minimum Gasteiger partial charge on any atom is -0.345 e. The highest BCUT2D eigenvalue weighted by Gasteiger charge is 2.36. The number of hydrogen-bond acceptors (Lipinski definition) is 1. The predicted molar refractivity (Wildman–Crippen MR) is 90.0 cm³/mol. The Morgan fingerprint density at radius 2 is 0.810 bits per heavy atom. The van der Waals surface area contributed by atoms with Crippen molar-refractivity contribution in [2.75, 3.05) is 0 Å². The van der Waals surface area contributed by atoms with Crippen LogP contribution < -0.4 is 0 Å². The van der Waals surface area contributed by atoms with Crippen LogP contribution in [0.15, 0.2) is 91.0 Å². The molecular formula is C19H17OP. The molecule has 0 aliphatic carbocycles. The van der Waals surface area contributed by atoms with E-state index in [4.69, 9.17) is 4.52 Å². The second-order valence-electron chi connectivity index (χ2n) is 4.90. The van der Waals surface area contributed by atoms with E-state index in [0.29, 0.717) is 0 Å². The lowest BCUT2D eigenvalue weighted by molar-refractivity contribution is 0.190. The van der Waals surface area contributed by atoms with E-state index in [0.717, 1.165) is 16.7 Å². The monoisotopic (exact) mass is 292 g/mol. The van der Waals surface area contributed by atoms with Crippen LogP contribution in [-0.4, -0.2) is 0 Å². The van der Waals surface area contributed by atoms with E-state index in [1.54, 1.807) is 0 Å². The topological polar surface area (TPSA) is 9.23 Å². The quantitative estimate of drug-likeness (QED) is 0.496. The van der Waals surface area contributed by atoms with Crippen LogP contribution in [0.25, 0.3) is 0 Å². The molecule has 3 aromatic rings.